The molecule has 0 atom stereocenters. The van der Waals surface area contributed by atoms with E-state index < -0.39 is 17.6 Å². The average Bonchev–Trinajstić information content (AvgIpc) is 3.13. The smallest absolute Gasteiger partial charge is 0.282 e. The van der Waals surface area contributed by atoms with Gasteiger partial charge in [0.15, 0.2) is 0 Å². The van der Waals surface area contributed by atoms with Gasteiger partial charge in [0.25, 0.3) is 11.8 Å². The average molecular weight is 467 g/mol. The molecule has 0 bridgehead atoms. The fourth-order valence-corrected chi connectivity index (χ4v) is 4.14. The molecular weight excluding hydrogens is 443 g/mol. The van der Waals surface area contributed by atoms with Crippen molar-refractivity contribution in [2.45, 2.75) is 13.3 Å². The molecule has 0 saturated carbocycles. The van der Waals surface area contributed by atoms with Crippen molar-refractivity contribution in [3.63, 3.8) is 0 Å². The normalized spacial score (nSPS) is 13.6. The van der Waals surface area contributed by atoms with Gasteiger partial charge in [-0.1, -0.05) is 55.5 Å². The lowest BCUT2D eigenvalue weighted by molar-refractivity contribution is -0.120. The van der Waals surface area contributed by atoms with Crippen LogP contribution in [-0.2, 0) is 9.59 Å². The summed E-state index contributed by atoms with van der Waals surface area (Å²) in [5, 5.41) is 5.16. The summed E-state index contributed by atoms with van der Waals surface area (Å²) in [5.41, 5.74) is 2.00. The van der Waals surface area contributed by atoms with Crippen LogP contribution in [0.15, 0.2) is 96.7 Å². The monoisotopic (exact) mass is 466 g/mol. The van der Waals surface area contributed by atoms with E-state index >= 15 is 0 Å². The molecule has 6 heteroatoms. The first kappa shape index (κ1) is 22.3. The standard InChI is InChI=1S/C29H23FN2O3/c1-2-18-35-23-16-10-20(11-17-23)26-27(31-25-9-5-7-19-6-3-4-8-24(19)25)29(34)32(28(26)33)22-14-12-21(30)13-15-22/h3-17,31H,2,18H2,1H3. The van der Waals surface area contributed by atoms with Crippen LogP contribution in [0.5, 0.6) is 5.75 Å². The Morgan fingerprint density at radius 2 is 1.54 bits per heavy atom. The Morgan fingerprint density at radius 3 is 2.29 bits per heavy atom. The van der Waals surface area contributed by atoms with Crippen LogP contribution >= 0.6 is 0 Å². The summed E-state index contributed by atoms with van der Waals surface area (Å²) in [5.74, 6) is -0.743. The number of carbonyl (C=O) groups is 2. The Balaban J connectivity index is 1.60. The van der Waals surface area contributed by atoms with Crippen LogP contribution in [0.2, 0.25) is 0 Å². The number of fused-ring (bicyclic) bond motifs is 1. The molecule has 5 rings (SSSR count). The summed E-state index contributed by atoms with van der Waals surface area (Å²) in [6.45, 7) is 2.61. The number of rotatable bonds is 7. The number of halogens is 1. The molecule has 0 radical (unpaired) electrons. The van der Waals surface area contributed by atoms with Gasteiger partial charge in [-0.3, -0.25) is 9.59 Å². The zero-order valence-electron chi connectivity index (χ0n) is 19.1. The van der Waals surface area contributed by atoms with E-state index in [1.807, 2.05) is 49.4 Å². The first-order chi connectivity index (χ1) is 17.1. The van der Waals surface area contributed by atoms with Gasteiger partial charge >= 0.3 is 0 Å². The van der Waals surface area contributed by atoms with Gasteiger partial charge in [-0.2, -0.15) is 0 Å². The van der Waals surface area contributed by atoms with E-state index in [1.54, 1.807) is 24.3 Å². The molecule has 0 saturated heterocycles. The van der Waals surface area contributed by atoms with Gasteiger partial charge in [0.05, 0.1) is 17.9 Å². The van der Waals surface area contributed by atoms with Crippen LogP contribution in [0, 0.1) is 5.82 Å². The summed E-state index contributed by atoms with van der Waals surface area (Å²) in [7, 11) is 0. The van der Waals surface area contributed by atoms with Crippen molar-refractivity contribution < 1.29 is 18.7 Å². The summed E-state index contributed by atoms with van der Waals surface area (Å²) < 4.78 is 19.2. The molecule has 2 amide bonds. The van der Waals surface area contributed by atoms with Gasteiger partial charge in [0, 0.05) is 11.1 Å². The highest BCUT2D eigenvalue weighted by atomic mass is 19.1. The van der Waals surface area contributed by atoms with E-state index in [0.29, 0.717) is 29.3 Å². The summed E-state index contributed by atoms with van der Waals surface area (Å²) >= 11 is 0. The molecule has 174 valence electrons. The highest BCUT2D eigenvalue weighted by Crippen LogP contribution is 2.35. The number of hydrogen-bond donors (Lipinski definition) is 1. The molecule has 35 heavy (non-hydrogen) atoms. The molecule has 5 nitrogen and oxygen atoms in total. The molecule has 0 fully saturated rings. The van der Waals surface area contributed by atoms with Gasteiger partial charge in [0.1, 0.15) is 17.3 Å². The molecule has 1 heterocycles. The van der Waals surface area contributed by atoms with Crippen molar-refractivity contribution in [3.8, 4) is 5.75 Å². The van der Waals surface area contributed by atoms with Gasteiger partial charge in [-0.25, -0.2) is 9.29 Å². The van der Waals surface area contributed by atoms with Crippen LogP contribution in [0.3, 0.4) is 0 Å². The number of imide groups is 1. The molecule has 4 aromatic carbocycles. The number of nitrogens with zero attached hydrogens (tertiary/aromatic N) is 1. The lowest BCUT2D eigenvalue weighted by atomic mass is 10.0. The van der Waals surface area contributed by atoms with Crippen molar-refractivity contribution >= 4 is 39.5 Å². The van der Waals surface area contributed by atoms with Gasteiger partial charge in [0.2, 0.25) is 0 Å². The second-order valence-electron chi connectivity index (χ2n) is 8.20. The Morgan fingerprint density at radius 1 is 0.829 bits per heavy atom. The molecule has 4 aromatic rings. The van der Waals surface area contributed by atoms with Crippen molar-refractivity contribution in [2.75, 3.05) is 16.8 Å². The number of amides is 2. The summed E-state index contributed by atoms with van der Waals surface area (Å²) in [6, 6.07) is 26.0. The third-order valence-corrected chi connectivity index (χ3v) is 5.83. The minimum Gasteiger partial charge on any atom is -0.494 e. The zero-order chi connectivity index (χ0) is 24.4. The molecule has 0 aliphatic carbocycles. The molecule has 0 unspecified atom stereocenters. The third kappa shape index (κ3) is 4.26. The van der Waals surface area contributed by atoms with Crippen molar-refractivity contribution in [1.29, 1.82) is 0 Å². The second-order valence-corrected chi connectivity index (χ2v) is 8.20. The minimum atomic E-state index is -0.504. The van der Waals surface area contributed by atoms with Crippen molar-refractivity contribution in [3.05, 3.63) is 108 Å². The van der Waals surface area contributed by atoms with Crippen molar-refractivity contribution in [1.82, 2.24) is 0 Å². The Bertz CT molecular complexity index is 1440. The quantitative estimate of drug-likeness (QED) is 0.331. The van der Waals surface area contributed by atoms with Gasteiger partial charge in [-0.05, 0) is 59.8 Å². The molecule has 0 aromatic heterocycles. The number of hydrogen-bond acceptors (Lipinski definition) is 4. The molecule has 1 aliphatic rings. The molecule has 1 N–H and O–H groups in total. The van der Waals surface area contributed by atoms with E-state index in [2.05, 4.69) is 5.32 Å². The first-order valence-electron chi connectivity index (χ1n) is 11.4. The second kappa shape index (κ2) is 9.43. The maximum Gasteiger partial charge on any atom is 0.282 e. The number of carbonyl (C=O) groups excluding carboxylic acids is 2. The SMILES string of the molecule is CCCOc1ccc(C2=C(Nc3cccc4ccccc34)C(=O)N(c3ccc(F)cc3)C2=O)cc1. The highest BCUT2D eigenvalue weighted by Gasteiger charge is 2.40. The predicted molar refractivity (Wildman–Crippen MR) is 136 cm³/mol. The molecule has 1 aliphatic heterocycles. The van der Waals surface area contributed by atoms with E-state index in [0.717, 1.165) is 22.1 Å². The number of benzene rings is 4. The van der Waals surface area contributed by atoms with E-state index in [4.69, 9.17) is 4.74 Å². The Kier molecular flexibility index (Phi) is 6.02. The first-order valence-corrected chi connectivity index (χ1v) is 11.4. The number of ether oxygens (including phenoxy) is 1. The van der Waals surface area contributed by atoms with Crippen LogP contribution in [0.25, 0.3) is 16.3 Å². The van der Waals surface area contributed by atoms with Crippen LogP contribution in [-0.4, -0.2) is 18.4 Å². The maximum absolute atomic E-state index is 13.6. The fraction of sp³-hybridized carbons (Fsp3) is 0.103. The lowest BCUT2D eigenvalue weighted by Gasteiger charge is -2.15. The van der Waals surface area contributed by atoms with Gasteiger partial charge < -0.3 is 10.1 Å². The molecular formula is C29H23FN2O3. The van der Waals surface area contributed by atoms with Crippen LogP contribution < -0.4 is 15.0 Å². The lowest BCUT2D eigenvalue weighted by Crippen LogP contribution is -2.32. The molecule has 0 spiro atoms. The number of anilines is 2. The Hall–Kier alpha value is -4.45. The van der Waals surface area contributed by atoms with Crippen LogP contribution in [0.4, 0.5) is 15.8 Å². The van der Waals surface area contributed by atoms with E-state index in [-0.39, 0.29) is 11.3 Å². The highest BCUT2D eigenvalue weighted by molar-refractivity contribution is 6.46. The van der Waals surface area contributed by atoms with Crippen LogP contribution in [0.1, 0.15) is 18.9 Å². The minimum absolute atomic E-state index is 0.165. The van der Waals surface area contributed by atoms with E-state index in [1.165, 1.54) is 24.3 Å². The zero-order valence-corrected chi connectivity index (χ0v) is 19.1. The largest absolute Gasteiger partial charge is 0.494 e. The third-order valence-electron chi connectivity index (χ3n) is 5.83. The summed E-state index contributed by atoms with van der Waals surface area (Å²) in [6.07, 6.45) is 0.881. The topological polar surface area (TPSA) is 58.6 Å². The predicted octanol–water partition coefficient (Wildman–Crippen LogP) is 6.16. The fourth-order valence-electron chi connectivity index (χ4n) is 4.14. The number of nitrogens with one attached hydrogen (secondary N) is 1. The van der Waals surface area contributed by atoms with Gasteiger partial charge in [-0.15, -0.1) is 0 Å². The van der Waals surface area contributed by atoms with E-state index in [9.17, 15) is 14.0 Å². The van der Waals surface area contributed by atoms with Crippen molar-refractivity contribution in [2.24, 2.45) is 0 Å². The Labute approximate surface area is 202 Å². The maximum atomic E-state index is 13.6. The summed E-state index contributed by atoms with van der Waals surface area (Å²) in [4.78, 5) is 28.3.